The quantitative estimate of drug-likeness (QED) is 0.810. The Balaban J connectivity index is 2.08. The van der Waals surface area contributed by atoms with E-state index in [9.17, 15) is 8.42 Å². The molecule has 0 saturated carbocycles. The molecule has 1 fully saturated rings. The van der Waals surface area contributed by atoms with E-state index >= 15 is 0 Å². The Labute approximate surface area is 152 Å². The van der Waals surface area contributed by atoms with Crippen LogP contribution in [0.15, 0.2) is 53.4 Å². The Bertz CT molecular complexity index is 807. The van der Waals surface area contributed by atoms with Crippen molar-refractivity contribution in [1.82, 2.24) is 9.21 Å². The first-order valence-corrected chi connectivity index (χ1v) is 9.80. The third-order valence-corrected chi connectivity index (χ3v) is 7.07. The average Bonchev–Trinajstić information content (AvgIpc) is 2.55. The van der Waals surface area contributed by atoms with Crippen molar-refractivity contribution in [2.75, 3.05) is 26.7 Å². The maximum atomic E-state index is 13.3. The van der Waals surface area contributed by atoms with Crippen LogP contribution in [0.2, 0.25) is 10.0 Å². The van der Waals surface area contributed by atoms with Crippen molar-refractivity contribution in [2.45, 2.75) is 10.9 Å². The molecule has 128 valence electrons. The highest BCUT2D eigenvalue weighted by Crippen LogP contribution is 2.36. The van der Waals surface area contributed by atoms with Crippen molar-refractivity contribution < 1.29 is 8.42 Å². The van der Waals surface area contributed by atoms with Crippen LogP contribution in [0.4, 0.5) is 0 Å². The molecule has 0 amide bonds. The first kappa shape index (κ1) is 17.7. The summed E-state index contributed by atoms with van der Waals surface area (Å²) < 4.78 is 28.0. The van der Waals surface area contributed by atoms with Crippen molar-refractivity contribution in [1.29, 1.82) is 0 Å². The van der Waals surface area contributed by atoms with Crippen LogP contribution in [0.5, 0.6) is 0 Å². The van der Waals surface area contributed by atoms with Crippen LogP contribution in [-0.4, -0.2) is 44.3 Å². The number of piperazine rings is 1. The highest BCUT2D eigenvalue weighted by molar-refractivity contribution is 7.89. The van der Waals surface area contributed by atoms with Gasteiger partial charge in [-0.3, -0.25) is 0 Å². The third-order valence-electron chi connectivity index (χ3n) is 4.20. The van der Waals surface area contributed by atoms with Gasteiger partial charge in [0.05, 0.1) is 16.1 Å². The molecule has 2 aromatic carbocycles. The normalized spacial score (nSPS) is 20.2. The molecule has 4 nitrogen and oxygen atoms in total. The summed E-state index contributed by atoms with van der Waals surface area (Å²) >= 11 is 12.3. The molecule has 1 saturated heterocycles. The Morgan fingerprint density at radius 1 is 0.958 bits per heavy atom. The van der Waals surface area contributed by atoms with E-state index in [2.05, 4.69) is 4.90 Å². The lowest BCUT2D eigenvalue weighted by molar-refractivity contribution is 0.161. The second kappa shape index (κ2) is 7.02. The summed E-state index contributed by atoms with van der Waals surface area (Å²) in [7, 11) is -1.81. The Hall–Kier alpha value is -1.11. The lowest BCUT2D eigenvalue weighted by Gasteiger charge is -2.39. The van der Waals surface area contributed by atoms with Crippen molar-refractivity contribution in [3.05, 3.63) is 64.1 Å². The van der Waals surface area contributed by atoms with Gasteiger partial charge in [-0.2, -0.15) is 4.31 Å². The summed E-state index contributed by atoms with van der Waals surface area (Å²) in [6.45, 7) is 1.66. The van der Waals surface area contributed by atoms with Gasteiger partial charge in [0.15, 0.2) is 0 Å². The fourth-order valence-electron chi connectivity index (χ4n) is 2.98. The molecule has 1 aliphatic heterocycles. The molecule has 7 heteroatoms. The van der Waals surface area contributed by atoms with Crippen LogP contribution in [0.25, 0.3) is 0 Å². The van der Waals surface area contributed by atoms with Gasteiger partial charge >= 0.3 is 0 Å². The van der Waals surface area contributed by atoms with Gasteiger partial charge in [-0.15, -0.1) is 0 Å². The number of hydrogen-bond acceptors (Lipinski definition) is 3. The van der Waals surface area contributed by atoms with E-state index in [0.29, 0.717) is 19.6 Å². The van der Waals surface area contributed by atoms with Crippen LogP contribution in [-0.2, 0) is 10.0 Å². The second-order valence-electron chi connectivity index (χ2n) is 5.86. The number of benzene rings is 2. The first-order chi connectivity index (χ1) is 11.4. The van der Waals surface area contributed by atoms with Gasteiger partial charge in [-0.1, -0.05) is 59.6 Å². The van der Waals surface area contributed by atoms with Gasteiger partial charge in [0, 0.05) is 19.6 Å². The monoisotopic (exact) mass is 384 g/mol. The van der Waals surface area contributed by atoms with Crippen molar-refractivity contribution in [2.24, 2.45) is 0 Å². The summed E-state index contributed by atoms with van der Waals surface area (Å²) in [4.78, 5) is 2.11. The topological polar surface area (TPSA) is 40.6 Å². The molecule has 0 spiro atoms. The molecular formula is C17H18Cl2N2O2S. The van der Waals surface area contributed by atoms with Crippen LogP contribution in [0, 0.1) is 0 Å². The van der Waals surface area contributed by atoms with E-state index in [1.165, 1.54) is 4.31 Å². The molecule has 0 aromatic heterocycles. The summed E-state index contributed by atoms with van der Waals surface area (Å²) in [6, 6.07) is 14.1. The van der Waals surface area contributed by atoms with E-state index in [0.717, 1.165) is 5.56 Å². The number of halogens is 2. The Morgan fingerprint density at radius 2 is 1.58 bits per heavy atom. The summed E-state index contributed by atoms with van der Waals surface area (Å²) in [5.74, 6) is 0. The molecule has 0 aliphatic carbocycles. The minimum absolute atomic E-state index is 0.0150. The molecule has 2 aromatic rings. The highest BCUT2D eigenvalue weighted by Gasteiger charge is 2.38. The molecule has 1 unspecified atom stereocenters. The molecule has 1 aliphatic rings. The van der Waals surface area contributed by atoms with Crippen molar-refractivity contribution >= 4 is 33.2 Å². The van der Waals surface area contributed by atoms with E-state index in [-0.39, 0.29) is 21.0 Å². The van der Waals surface area contributed by atoms with E-state index in [4.69, 9.17) is 23.2 Å². The van der Waals surface area contributed by atoms with Crippen molar-refractivity contribution in [3.63, 3.8) is 0 Å². The summed E-state index contributed by atoms with van der Waals surface area (Å²) in [5, 5.41) is 0.293. The minimum atomic E-state index is -3.80. The van der Waals surface area contributed by atoms with E-state index in [1.807, 2.05) is 37.4 Å². The van der Waals surface area contributed by atoms with E-state index in [1.54, 1.807) is 18.2 Å². The number of nitrogens with zero attached hydrogens (tertiary/aromatic N) is 2. The molecular weight excluding hydrogens is 367 g/mol. The van der Waals surface area contributed by atoms with Gasteiger partial charge in [0.2, 0.25) is 10.0 Å². The average molecular weight is 385 g/mol. The maximum Gasteiger partial charge on any atom is 0.246 e. The predicted molar refractivity (Wildman–Crippen MR) is 97.0 cm³/mol. The standard InChI is InChI=1S/C17H18Cl2N2O2S/c1-20-10-11-21(16(12-20)13-6-3-2-4-7-13)24(22,23)17-14(18)8-5-9-15(17)19/h2-9,16H,10-12H2,1H3. The molecule has 3 rings (SSSR count). The molecule has 1 heterocycles. The van der Waals surface area contributed by atoms with Crippen LogP contribution in [0.3, 0.4) is 0 Å². The number of rotatable bonds is 3. The van der Waals surface area contributed by atoms with Gasteiger partial charge in [0.25, 0.3) is 0 Å². The fourth-order valence-corrected chi connectivity index (χ4v) is 5.67. The zero-order valence-corrected chi connectivity index (χ0v) is 15.5. The fraction of sp³-hybridized carbons (Fsp3) is 0.294. The first-order valence-electron chi connectivity index (χ1n) is 7.60. The molecule has 0 radical (unpaired) electrons. The highest BCUT2D eigenvalue weighted by atomic mass is 35.5. The van der Waals surface area contributed by atoms with Crippen molar-refractivity contribution in [3.8, 4) is 0 Å². The summed E-state index contributed by atoms with van der Waals surface area (Å²) in [5.41, 5.74) is 0.954. The lowest BCUT2D eigenvalue weighted by Crippen LogP contribution is -2.49. The van der Waals surface area contributed by atoms with Gasteiger partial charge in [-0.25, -0.2) is 8.42 Å². The van der Waals surface area contributed by atoms with Gasteiger partial charge < -0.3 is 4.90 Å². The SMILES string of the molecule is CN1CCN(S(=O)(=O)c2c(Cl)cccc2Cl)C(c2ccccc2)C1. The number of sulfonamides is 1. The third kappa shape index (κ3) is 3.32. The Kier molecular flexibility index (Phi) is 5.18. The van der Waals surface area contributed by atoms with Gasteiger partial charge in [0.1, 0.15) is 4.90 Å². The number of hydrogen-bond donors (Lipinski definition) is 0. The number of likely N-dealkylation sites (N-methyl/N-ethyl adjacent to an activating group) is 1. The molecule has 0 bridgehead atoms. The molecule has 1 atom stereocenters. The second-order valence-corrected chi connectivity index (χ2v) is 8.50. The largest absolute Gasteiger partial charge is 0.303 e. The Morgan fingerprint density at radius 3 is 2.21 bits per heavy atom. The summed E-state index contributed by atoms with van der Waals surface area (Å²) in [6.07, 6.45) is 0. The van der Waals surface area contributed by atoms with Crippen LogP contribution >= 0.6 is 23.2 Å². The smallest absolute Gasteiger partial charge is 0.246 e. The lowest BCUT2D eigenvalue weighted by atomic mass is 10.1. The molecule has 0 N–H and O–H groups in total. The van der Waals surface area contributed by atoms with Gasteiger partial charge in [-0.05, 0) is 24.7 Å². The molecule has 24 heavy (non-hydrogen) atoms. The predicted octanol–water partition coefficient (Wildman–Crippen LogP) is 3.67. The zero-order chi connectivity index (χ0) is 17.3. The zero-order valence-electron chi connectivity index (χ0n) is 13.2. The van der Waals surface area contributed by atoms with E-state index < -0.39 is 10.0 Å². The minimum Gasteiger partial charge on any atom is -0.303 e. The van der Waals surface area contributed by atoms with Crippen LogP contribution < -0.4 is 0 Å². The van der Waals surface area contributed by atoms with Crippen LogP contribution in [0.1, 0.15) is 11.6 Å². The maximum absolute atomic E-state index is 13.3.